The summed E-state index contributed by atoms with van der Waals surface area (Å²) in [6.07, 6.45) is 4.96. The van der Waals surface area contributed by atoms with E-state index < -0.39 is 0 Å². The molecule has 1 saturated carbocycles. The molecule has 70 valence electrons. The van der Waals surface area contributed by atoms with Crippen LogP contribution in [0.15, 0.2) is 6.20 Å². The lowest BCUT2D eigenvalue weighted by atomic mass is 10.4. The molecule has 1 fully saturated rings. The number of rotatable bonds is 3. The summed E-state index contributed by atoms with van der Waals surface area (Å²) in [7, 11) is 0. The average molecular weight is 196 g/mol. The van der Waals surface area contributed by atoms with E-state index in [1.807, 2.05) is 13.1 Å². The van der Waals surface area contributed by atoms with Crippen LogP contribution in [-0.2, 0) is 4.79 Å². The van der Waals surface area contributed by atoms with Crippen molar-refractivity contribution in [2.24, 2.45) is 0 Å². The van der Waals surface area contributed by atoms with Gasteiger partial charge in [-0.3, -0.25) is 4.79 Å². The Bertz CT molecular complexity index is 317. The summed E-state index contributed by atoms with van der Waals surface area (Å²) in [6.45, 7) is 1.84. The first-order chi connectivity index (χ1) is 6.29. The molecule has 4 heteroatoms. The number of carbonyl (C=O) groups excluding carboxylic acids is 1. The first-order valence-electron chi connectivity index (χ1n) is 4.55. The van der Waals surface area contributed by atoms with Crippen LogP contribution in [0.2, 0.25) is 0 Å². The Labute approximate surface area is 81.2 Å². The molecule has 1 aliphatic rings. The Kier molecular flexibility index (Phi) is 2.31. The van der Waals surface area contributed by atoms with Crippen LogP contribution in [0, 0.1) is 0 Å². The van der Waals surface area contributed by atoms with Crippen LogP contribution in [0.4, 0.5) is 5.13 Å². The first-order valence-corrected chi connectivity index (χ1v) is 5.37. The third kappa shape index (κ3) is 2.06. The van der Waals surface area contributed by atoms with Crippen molar-refractivity contribution in [3.05, 3.63) is 11.1 Å². The van der Waals surface area contributed by atoms with Gasteiger partial charge >= 0.3 is 0 Å². The second-order valence-corrected chi connectivity index (χ2v) is 4.31. The molecule has 0 unspecified atom stereocenters. The van der Waals surface area contributed by atoms with Crippen LogP contribution >= 0.6 is 11.3 Å². The Morgan fingerprint density at radius 1 is 1.77 bits per heavy atom. The van der Waals surface area contributed by atoms with Crippen molar-refractivity contribution in [3.63, 3.8) is 0 Å². The third-order valence-electron chi connectivity index (χ3n) is 2.07. The highest BCUT2D eigenvalue weighted by Crippen LogP contribution is 2.43. The van der Waals surface area contributed by atoms with Crippen LogP contribution < -0.4 is 5.32 Å². The van der Waals surface area contributed by atoms with Crippen molar-refractivity contribution in [2.45, 2.75) is 32.1 Å². The minimum Gasteiger partial charge on any atom is -0.302 e. The van der Waals surface area contributed by atoms with Gasteiger partial charge in [0.15, 0.2) is 5.13 Å². The van der Waals surface area contributed by atoms with E-state index in [9.17, 15) is 4.79 Å². The number of aromatic nitrogens is 1. The first kappa shape index (κ1) is 8.69. The molecule has 0 spiro atoms. The summed E-state index contributed by atoms with van der Waals surface area (Å²) in [5.41, 5.74) is 0. The fourth-order valence-electron chi connectivity index (χ4n) is 1.11. The summed E-state index contributed by atoms with van der Waals surface area (Å²) in [5, 5.41) is 3.51. The highest BCUT2D eigenvalue weighted by Gasteiger charge is 2.25. The van der Waals surface area contributed by atoms with E-state index in [1.165, 1.54) is 17.7 Å². The number of carbonyl (C=O) groups is 1. The zero-order chi connectivity index (χ0) is 9.26. The maximum Gasteiger partial charge on any atom is 0.225 e. The molecule has 1 aliphatic carbocycles. The van der Waals surface area contributed by atoms with Gasteiger partial charge in [0, 0.05) is 17.5 Å². The van der Waals surface area contributed by atoms with E-state index >= 15 is 0 Å². The van der Waals surface area contributed by atoms with Gasteiger partial charge in [-0.15, -0.1) is 11.3 Å². The van der Waals surface area contributed by atoms with Crippen molar-refractivity contribution in [1.29, 1.82) is 0 Å². The number of hydrogen-bond acceptors (Lipinski definition) is 3. The van der Waals surface area contributed by atoms with E-state index in [0.717, 1.165) is 11.0 Å². The summed E-state index contributed by atoms with van der Waals surface area (Å²) in [4.78, 5) is 16.5. The molecule has 3 nitrogen and oxygen atoms in total. The van der Waals surface area contributed by atoms with Crippen molar-refractivity contribution >= 4 is 22.4 Å². The fourth-order valence-corrected chi connectivity index (χ4v) is 2.11. The quantitative estimate of drug-likeness (QED) is 0.806. The van der Waals surface area contributed by atoms with Gasteiger partial charge in [-0.1, -0.05) is 6.92 Å². The predicted octanol–water partition coefficient (Wildman–Crippen LogP) is 2.37. The van der Waals surface area contributed by atoms with E-state index in [4.69, 9.17) is 0 Å². The Balaban J connectivity index is 2.00. The van der Waals surface area contributed by atoms with Gasteiger partial charge in [0.25, 0.3) is 0 Å². The molecule has 0 aliphatic heterocycles. The van der Waals surface area contributed by atoms with Crippen molar-refractivity contribution in [1.82, 2.24) is 4.98 Å². The molecule has 2 rings (SSSR count). The van der Waals surface area contributed by atoms with Gasteiger partial charge in [-0.2, -0.15) is 0 Å². The highest BCUT2D eigenvalue weighted by atomic mass is 32.1. The summed E-state index contributed by atoms with van der Waals surface area (Å²) in [6, 6.07) is 0. The zero-order valence-corrected chi connectivity index (χ0v) is 8.36. The minimum absolute atomic E-state index is 0.0386. The molecule has 1 amide bonds. The summed E-state index contributed by atoms with van der Waals surface area (Å²) in [5.74, 6) is 0.765. The maximum atomic E-state index is 11.0. The SMILES string of the molecule is CCC(=O)Nc1ncc(C2CC2)s1. The third-order valence-corrected chi connectivity index (χ3v) is 3.15. The van der Waals surface area contributed by atoms with E-state index in [0.29, 0.717) is 6.42 Å². The molecule has 1 aromatic heterocycles. The lowest BCUT2D eigenvalue weighted by Gasteiger charge is -1.95. The number of anilines is 1. The largest absolute Gasteiger partial charge is 0.302 e. The lowest BCUT2D eigenvalue weighted by molar-refractivity contribution is -0.115. The molecular formula is C9H12N2OS. The lowest BCUT2D eigenvalue weighted by Crippen LogP contribution is -2.08. The molecule has 1 heterocycles. The highest BCUT2D eigenvalue weighted by molar-refractivity contribution is 7.15. The normalized spacial score (nSPS) is 15.8. The van der Waals surface area contributed by atoms with Gasteiger partial charge in [0.1, 0.15) is 0 Å². The molecule has 0 aromatic carbocycles. The Hall–Kier alpha value is -0.900. The van der Waals surface area contributed by atoms with Crippen LogP contribution in [0.3, 0.4) is 0 Å². The predicted molar refractivity (Wildman–Crippen MR) is 53.0 cm³/mol. The Morgan fingerprint density at radius 2 is 2.54 bits per heavy atom. The number of amides is 1. The maximum absolute atomic E-state index is 11.0. The van der Waals surface area contributed by atoms with Crippen LogP contribution in [-0.4, -0.2) is 10.9 Å². The monoisotopic (exact) mass is 196 g/mol. The molecule has 0 radical (unpaired) electrons. The summed E-state index contributed by atoms with van der Waals surface area (Å²) < 4.78 is 0. The molecule has 1 aromatic rings. The molecule has 0 atom stereocenters. The van der Waals surface area contributed by atoms with Crippen LogP contribution in [0.25, 0.3) is 0 Å². The molecular weight excluding hydrogens is 184 g/mol. The average Bonchev–Trinajstić information content (AvgIpc) is 2.88. The summed E-state index contributed by atoms with van der Waals surface area (Å²) >= 11 is 1.60. The topological polar surface area (TPSA) is 42.0 Å². The molecule has 13 heavy (non-hydrogen) atoms. The van der Waals surface area contributed by atoms with E-state index in [-0.39, 0.29) is 5.91 Å². The number of nitrogens with one attached hydrogen (secondary N) is 1. The molecule has 1 N–H and O–H groups in total. The fraction of sp³-hybridized carbons (Fsp3) is 0.556. The van der Waals surface area contributed by atoms with Crippen molar-refractivity contribution < 1.29 is 4.79 Å². The Morgan fingerprint density at radius 3 is 3.15 bits per heavy atom. The van der Waals surface area contributed by atoms with Crippen molar-refractivity contribution in [3.8, 4) is 0 Å². The number of nitrogens with zero attached hydrogens (tertiary/aromatic N) is 1. The standard InChI is InChI=1S/C9H12N2OS/c1-2-8(12)11-9-10-5-7(13-9)6-3-4-6/h5-6H,2-4H2,1H3,(H,10,11,12). The number of hydrogen-bond donors (Lipinski definition) is 1. The minimum atomic E-state index is 0.0386. The van der Waals surface area contributed by atoms with Crippen LogP contribution in [0.1, 0.15) is 37.0 Å². The van der Waals surface area contributed by atoms with Gasteiger partial charge in [0.2, 0.25) is 5.91 Å². The van der Waals surface area contributed by atoms with Gasteiger partial charge in [-0.05, 0) is 18.8 Å². The van der Waals surface area contributed by atoms with Gasteiger partial charge < -0.3 is 5.32 Å². The number of thiazole rings is 1. The smallest absolute Gasteiger partial charge is 0.225 e. The second-order valence-electron chi connectivity index (χ2n) is 3.24. The van der Waals surface area contributed by atoms with Gasteiger partial charge in [0.05, 0.1) is 0 Å². The van der Waals surface area contributed by atoms with Crippen molar-refractivity contribution in [2.75, 3.05) is 5.32 Å². The van der Waals surface area contributed by atoms with Gasteiger partial charge in [-0.25, -0.2) is 4.98 Å². The molecule has 0 bridgehead atoms. The zero-order valence-electron chi connectivity index (χ0n) is 7.54. The van der Waals surface area contributed by atoms with Crippen LogP contribution in [0.5, 0.6) is 0 Å². The van der Waals surface area contributed by atoms with E-state index in [1.54, 1.807) is 11.3 Å². The molecule has 0 saturated heterocycles. The van der Waals surface area contributed by atoms with E-state index in [2.05, 4.69) is 10.3 Å². The second kappa shape index (κ2) is 3.46.